The van der Waals surface area contributed by atoms with Crippen molar-refractivity contribution in [2.24, 2.45) is 0 Å². The van der Waals surface area contributed by atoms with E-state index in [0.717, 1.165) is 24.3 Å². The number of nitrogens with one attached hydrogen (secondary N) is 1. The predicted octanol–water partition coefficient (Wildman–Crippen LogP) is 3.51. The van der Waals surface area contributed by atoms with Gasteiger partial charge in [0.2, 0.25) is 11.8 Å². The highest BCUT2D eigenvalue weighted by atomic mass is 32.1. The molecule has 1 fully saturated rings. The van der Waals surface area contributed by atoms with Crippen LogP contribution in [-0.4, -0.2) is 36.9 Å². The monoisotopic (exact) mass is 357 g/mol. The normalized spacial score (nSPS) is 15.6. The van der Waals surface area contributed by atoms with E-state index in [1.54, 1.807) is 16.2 Å². The highest BCUT2D eigenvalue weighted by molar-refractivity contribution is 7.10. The van der Waals surface area contributed by atoms with Crippen LogP contribution in [0, 0.1) is 0 Å². The fourth-order valence-electron chi connectivity index (χ4n) is 2.98. The molecular weight excluding hydrogens is 334 g/mol. The minimum Gasteiger partial charge on any atom is -0.325 e. The van der Waals surface area contributed by atoms with Crippen molar-refractivity contribution >= 4 is 34.5 Å². The van der Waals surface area contributed by atoms with Gasteiger partial charge in [-0.2, -0.15) is 0 Å². The third-order valence-corrected chi connectivity index (χ3v) is 5.57. The molecule has 2 heterocycles. The van der Waals surface area contributed by atoms with Crippen LogP contribution in [0.2, 0.25) is 0 Å². The lowest BCUT2D eigenvalue weighted by atomic mass is 10.2. The van der Waals surface area contributed by atoms with Crippen LogP contribution in [-0.2, 0) is 9.59 Å². The van der Waals surface area contributed by atoms with Crippen LogP contribution in [0.1, 0.15) is 30.7 Å². The van der Waals surface area contributed by atoms with Gasteiger partial charge in [-0.3, -0.25) is 14.5 Å². The average Bonchev–Trinajstić information content (AvgIpc) is 3.25. The van der Waals surface area contributed by atoms with E-state index >= 15 is 0 Å². The second kappa shape index (κ2) is 7.80. The van der Waals surface area contributed by atoms with Crippen molar-refractivity contribution in [2.45, 2.75) is 25.8 Å². The van der Waals surface area contributed by atoms with Gasteiger partial charge in [-0.15, -0.1) is 11.3 Å². The second-order valence-electron chi connectivity index (χ2n) is 6.35. The Morgan fingerprint density at radius 1 is 1.36 bits per heavy atom. The smallest absolute Gasteiger partial charge is 0.238 e. The average molecular weight is 357 g/mol. The van der Waals surface area contributed by atoms with E-state index in [1.807, 2.05) is 47.7 Å². The van der Waals surface area contributed by atoms with Crippen LogP contribution < -0.4 is 10.2 Å². The molecule has 0 saturated carbocycles. The molecule has 3 rings (SSSR count). The molecule has 0 bridgehead atoms. The minimum atomic E-state index is -0.0594. The van der Waals surface area contributed by atoms with Crippen molar-refractivity contribution < 1.29 is 9.59 Å². The summed E-state index contributed by atoms with van der Waals surface area (Å²) in [4.78, 5) is 29.3. The Morgan fingerprint density at radius 2 is 2.20 bits per heavy atom. The molecule has 6 heteroatoms. The number of thiophene rings is 1. The molecule has 1 aliphatic rings. The van der Waals surface area contributed by atoms with Crippen LogP contribution in [0.15, 0.2) is 41.8 Å². The summed E-state index contributed by atoms with van der Waals surface area (Å²) in [6.07, 6.45) is 1.49. The molecule has 0 unspecified atom stereocenters. The molecular formula is C19H23N3O2S. The van der Waals surface area contributed by atoms with Crippen molar-refractivity contribution in [1.82, 2.24) is 4.90 Å². The van der Waals surface area contributed by atoms with Gasteiger partial charge in [0.25, 0.3) is 0 Å². The Morgan fingerprint density at radius 3 is 2.88 bits per heavy atom. The first-order valence-corrected chi connectivity index (χ1v) is 9.36. The lowest BCUT2D eigenvalue weighted by Crippen LogP contribution is -2.32. The number of hydrogen-bond donors (Lipinski definition) is 1. The quantitative estimate of drug-likeness (QED) is 0.861. The van der Waals surface area contributed by atoms with E-state index in [-0.39, 0.29) is 17.9 Å². The maximum Gasteiger partial charge on any atom is 0.238 e. The molecule has 2 aromatic rings. The lowest BCUT2D eigenvalue weighted by Gasteiger charge is -2.23. The van der Waals surface area contributed by atoms with Gasteiger partial charge in [0, 0.05) is 35.3 Å². The van der Waals surface area contributed by atoms with Gasteiger partial charge in [-0.25, -0.2) is 0 Å². The van der Waals surface area contributed by atoms with E-state index in [1.165, 1.54) is 4.88 Å². The van der Waals surface area contributed by atoms with Crippen molar-refractivity contribution in [1.29, 1.82) is 0 Å². The summed E-state index contributed by atoms with van der Waals surface area (Å²) < 4.78 is 0. The molecule has 0 radical (unpaired) electrons. The maximum absolute atomic E-state index is 12.4. The molecule has 0 spiro atoms. The molecule has 0 aliphatic carbocycles. The van der Waals surface area contributed by atoms with Gasteiger partial charge >= 0.3 is 0 Å². The zero-order chi connectivity index (χ0) is 17.8. The number of hydrogen-bond acceptors (Lipinski definition) is 4. The molecule has 1 N–H and O–H groups in total. The molecule has 1 aromatic heterocycles. The molecule has 5 nitrogen and oxygen atoms in total. The summed E-state index contributed by atoms with van der Waals surface area (Å²) in [5.74, 6) is 0.0868. The van der Waals surface area contributed by atoms with Gasteiger partial charge in [0.1, 0.15) is 0 Å². The number of rotatable bonds is 6. The zero-order valence-corrected chi connectivity index (χ0v) is 15.4. The highest BCUT2D eigenvalue weighted by Gasteiger charge is 2.22. The zero-order valence-electron chi connectivity index (χ0n) is 14.6. The van der Waals surface area contributed by atoms with Crippen LogP contribution in [0.5, 0.6) is 0 Å². The molecule has 132 valence electrons. The molecule has 1 saturated heterocycles. The van der Waals surface area contributed by atoms with Crippen molar-refractivity contribution in [3.05, 3.63) is 46.7 Å². The maximum atomic E-state index is 12.4. The van der Waals surface area contributed by atoms with Crippen molar-refractivity contribution in [2.75, 3.05) is 30.4 Å². The largest absolute Gasteiger partial charge is 0.325 e. The van der Waals surface area contributed by atoms with E-state index in [9.17, 15) is 9.59 Å². The Bertz CT molecular complexity index is 745. The van der Waals surface area contributed by atoms with Gasteiger partial charge in [0.15, 0.2) is 0 Å². The highest BCUT2D eigenvalue weighted by Crippen LogP contribution is 2.25. The van der Waals surface area contributed by atoms with E-state index in [2.05, 4.69) is 18.3 Å². The SMILES string of the molecule is C[C@H](c1cccs1)N(C)CC(=O)Nc1cccc(N2CCCC2=O)c1. The summed E-state index contributed by atoms with van der Waals surface area (Å²) in [5, 5.41) is 4.98. The summed E-state index contributed by atoms with van der Waals surface area (Å²) >= 11 is 1.70. The number of likely N-dealkylation sites (N-methyl/N-ethyl adjacent to an activating group) is 1. The first kappa shape index (κ1) is 17.6. The van der Waals surface area contributed by atoms with Gasteiger partial charge < -0.3 is 10.2 Å². The van der Waals surface area contributed by atoms with Gasteiger partial charge in [-0.1, -0.05) is 12.1 Å². The fraction of sp³-hybridized carbons (Fsp3) is 0.368. The van der Waals surface area contributed by atoms with Crippen LogP contribution >= 0.6 is 11.3 Å². The van der Waals surface area contributed by atoms with E-state index in [4.69, 9.17) is 0 Å². The van der Waals surface area contributed by atoms with Gasteiger partial charge in [-0.05, 0) is 50.0 Å². The Balaban J connectivity index is 1.60. The second-order valence-corrected chi connectivity index (χ2v) is 7.33. The van der Waals surface area contributed by atoms with Crippen LogP contribution in [0.4, 0.5) is 11.4 Å². The fourth-order valence-corrected chi connectivity index (χ4v) is 3.83. The molecule has 1 atom stereocenters. The van der Waals surface area contributed by atoms with E-state index < -0.39 is 0 Å². The summed E-state index contributed by atoms with van der Waals surface area (Å²) in [6, 6.07) is 11.8. The molecule has 2 amide bonds. The Kier molecular flexibility index (Phi) is 5.50. The number of amides is 2. The van der Waals surface area contributed by atoms with Crippen molar-refractivity contribution in [3.8, 4) is 0 Å². The van der Waals surface area contributed by atoms with Crippen LogP contribution in [0.3, 0.4) is 0 Å². The summed E-state index contributed by atoms with van der Waals surface area (Å²) in [6.45, 7) is 3.15. The van der Waals surface area contributed by atoms with Crippen molar-refractivity contribution in [3.63, 3.8) is 0 Å². The predicted molar refractivity (Wildman–Crippen MR) is 102 cm³/mol. The summed E-state index contributed by atoms with van der Waals surface area (Å²) in [5.41, 5.74) is 1.57. The third-order valence-electron chi connectivity index (χ3n) is 4.52. The number of benzene rings is 1. The molecule has 25 heavy (non-hydrogen) atoms. The standard InChI is InChI=1S/C19H23N3O2S/c1-14(17-8-5-11-25-17)21(2)13-18(23)20-15-6-3-7-16(12-15)22-10-4-9-19(22)24/h3,5-8,11-12,14H,4,9-10,13H2,1-2H3,(H,20,23)/t14-/m1/s1. The summed E-state index contributed by atoms with van der Waals surface area (Å²) in [7, 11) is 1.95. The molecule has 1 aliphatic heterocycles. The van der Waals surface area contributed by atoms with Crippen LogP contribution in [0.25, 0.3) is 0 Å². The Labute approximate surface area is 152 Å². The van der Waals surface area contributed by atoms with Gasteiger partial charge in [0.05, 0.1) is 6.54 Å². The first-order valence-electron chi connectivity index (χ1n) is 8.48. The third kappa shape index (κ3) is 4.27. The minimum absolute atomic E-state index is 0.0594. The Hall–Kier alpha value is -2.18. The topological polar surface area (TPSA) is 52.7 Å². The lowest BCUT2D eigenvalue weighted by molar-refractivity contribution is -0.118. The molecule has 1 aromatic carbocycles. The number of nitrogens with zero attached hydrogens (tertiary/aromatic N) is 2. The number of carbonyl (C=O) groups excluding carboxylic acids is 2. The van der Waals surface area contributed by atoms with E-state index in [0.29, 0.717) is 13.0 Å². The number of carbonyl (C=O) groups is 2. The number of anilines is 2. The first-order chi connectivity index (χ1) is 12.0.